The van der Waals surface area contributed by atoms with Crippen LogP contribution in [0.3, 0.4) is 0 Å². The van der Waals surface area contributed by atoms with Gasteiger partial charge in [-0.05, 0) is 29.6 Å². The summed E-state index contributed by atoms with van der Waals surface area (Å²) < 4.78 is 5.48. The molecule has 5 heteroatoms. The largest absolute Gasteiger partial charge is 0.492 e. The van der Waals surface area contributed by atoms with Crippen LogP contribution in [0.15, 0.2) is 41.8 Å². The van der Waals surface area contributed by atoms with E-state index in [0.717, 1.165) is 4.88 Å². The first kappa shape index (κ1) is 13.9. The van der Waals surface area contributed by atoms with E-state index in [1.807, 2.05) is 29.6 Å². The standard InChI is InChI=1S/C14H14ClNO2S/c15-11-3-1-4-12(9-11)18-7-6-16-14(17)10-13-5-2-8-19-13/h1-5,8-9H,6-7,10H2,(H,16,17). The van der Waals surface area contributed by atoms with Gasteiger partial charge in [0.2, 0.25) is 5.91 Å². The number of benzene rings is 1. The van der Waals surface area contributed by atoms with E-state index in [1.54, 1.807) is 23.5 Å². The summed E-state index contributed by atoms with van der Waals surface area (Å²) in [5.74, 6) is 0.720. The molecule has 3 nitrogen and oxygen atoms in total. The molecular weight excluding hydrogens is 282 g/mol. The van der Waals surface area contributed by atoms with Crippen molar-refractivity contribution in [1.29, 1.82) is 0 Å². The number of thiophene rings is 1. The van der Waals surface area contributed by atoms with Crippen LogP contribution in [0.4, 0.5) is 0 Å². The highest BCUT2D eigenvalue weighted by molar-refractivity contribution is 7.10. The van der Waals surface area contributed by atoms with Crippen molar-refractivity contribution in [3.8, 4) is 5.75 Å². The van der Waals surface area contributed by atoms with E-state index in [-0.39, 0.29) is 5.91 Å². The Morgan fingerprint density at radius 2 is 2.21 bits per heavy atom. The zero-order valence-corrected chi connectivity index (χ0v) is 11.8. The van der Waals surface area contributed by atoms with Gasteiger partial charge < -0.3 is 10.1 Å². The number of carbonyl (C=O) groups excluding carboxylic acids is 1. The topological polar surface area (TPSA) is 38.3 Å². The summed E-state index contributed by atoms with van der Waals surface area (Å²) in [7, 11) is 0. The summed E-state index contributed by atoms with van der Waals surface area (Å²) in [4.78, 5) is 12.7. The summed E-state index contributed by atoms with van der Waals surface area (Å²) in [6.45, 7) is 0.910. The van der Waals surface area contributed by atoms with E-state index in [0.29, 0.717) is 30.3 Å². The molecule has 100 valence electrons. The summed E-state index contributed by atoms with van der Waals surface area (Å²) in [5, 5.41) is 5.42. The monoisotopic (exact) mass is 295 g/mol. The van der Waals surface area contributed by atoms with E-state index in [2.05, 4.69) is 5.32 Å². The van der Waals surface area contributed by atoms with Crippen LogP contribution in [0.2, 0.25) is 5.02 Å². The van der Waals surface area contributed by atoms with E-state index < -0.39 is 0 Å². The highest BCUT2D eigenvalue weighted by Crippen LogP contribution is 2.16. The molecule has 2 rings (SSSR count). The number of carbonyl (C=O) groups is 1. The van der Waals surface area contributed by atoms with Gasteiger partial charge in [-0.15, -0.1) is 11.3 Å². The Hall–Kier alpha value is -1.52. The number of hydrogen-bond donors (Lipinski definition) is 1. The third-order valence-electron chi connectivity index (χ3n) is 2.40. The molecule has 0 unspecified atom stereocenters. The van der Waals surface area contributed by atoms with E-state index in [1.165, 1.54) is 0 Å². The van der Waals surface area contributed by atoms with Crippen molar-refractivity contribution in [2.24, 2.45) is 0 Å². The molecule has 0 aliphatic rings. The van der Waals surface area contributed by atoms with Crippen molar-refractivity contribution in [3.05, 3.63) is 51.7 Å². The lowest BCUT2D eigenvalue weighted by molar-refractivity contribution is -0.120. The minimum atomic E-state index is 0.0112. The van der Waals surface area contributed by atoms with Crippen molar-refractivity contribution >= 4 is 28.8 Å². The molecule has 0 saturated carbocycles. The Kier molecular flexibility index (Phi) is 5.24. The molecule has 0 aliphatic carbocycles. The normalized spacial score (nSPS) is 10.2. The number of rotatable bonds is 6. The quantitative estimate of drug-likeness (QED) is 0.832. The van der Waals surface area contributed by atoms with Crippen LogP contribution in [-0.2, 0) is 11.2 Å². The summed E-state index contributed by atoms with van der Waals surface area (Å²) >= 11 is 7.42. The highest BCUT2D eigenvalue weighted by atomic mass is 35.5. The molecule has 19 heavy (non-hydrogen) atoms. The zero-order valence-electron chi connectivity index (χ0n) is 10.3. The second kappa shape index (κ2) is 7.16. The maximum Gasteiger partial charge on any atom is 0.225 e. The number of halogens is 1. The molecule has 0 atom stereocenters. The fourth-order valence-electron chi connectivity index (χ4n) is 1.55. The first-order valence-corrected chi connectivity index (χ1v) is 7.17. The minimum absolute atomic E-state index is 0.0112. The number of amides is 1. The Labute approximate surface area is 121 Å². The number of ether oxygens (including phenoxy) is 1. The third-order valence-corrected chi connectivity index (χ3v) is 3.52. The van der Waals surface area contributed by atoms with Gasteiger partial charge in [-0.2, -0.15) is 0 Å². The fourth-order valence-corrected chi connectivity index (χ4v) is 2.43. The van der Waals surface area contributed by atoms with Gasteiger partial charge in [0.1, 0.15) is 12.4 Å². The lowest BCUT2D eigenvalue weighted by Crippen LogP contribution is -2.29. The minimum Gasteiger partial charge on any atom is -0.492 e. The van der Waals surface area contributed by atoms with Gasteiger partial charge in [0, 0.05) is 9.90 Å². The first-order valence-electron chi connectivity index (χ1n) is 5.91. The SMILES string of the molecule is O=C(Cc1cccs1)NCCOc1cccc(Cl)c1. The van der Waals surface area contributed by atoms with Crippen molar-refractivity contribution < 1.29 is 9.53 Å². The van der Waals surface area contributed by atoms with Crippen LogP contribution in [-0.4, -0.2) is 19.1 Å². The van der Waals surface area contributed by atoms with Crippen LogP contribution < -0.4 is 10.1 Å². The molecule has 0 radical (unpaired) electrons. The van der Waals surface area contributed by atoms with Crippen molar-refractivity contribution in [1.82, 2.24) is 5.32 Å². The highest BCUT2D eigenvalue weighted by Gasteiger charge is 2.03. The van der Waals surface area contributed by atoms with Crippen molar-refractivity contribution in [3.63, 3.8) is 0 Å². The molecule has 1 aromatic heterocycles. The van der Waals surface area contributed by atoms with Gasteiger partial charge in [-0.25, -0.2) is 0 Å². The molecule has 2 aromatic rings. The predicted molar refractivity (Wildman–Crippen MR) is 78.0 cm³/mol. The van der Waals surface area contributed by atoms with Gasteiger partial charge in [0.15, 0.2) is 0 Å². The van der Waals surface area contributed by atoms with E-state index in [9.17, 15) is 4.79 Å². The Bertz CT molecular complexity index is 528. The smallest absolute Gasteiger partial charge is 0.225 e. The lowest BCUT2D eigenvalue weighted by Gasteiger charge is -2.07. The molecule has 0 spiro atoms. The Morgan fingerprint density at radius 3 is 2.95 bits per heavy atom. The molecule has 1 amide bonds. The fraction of sp³-hybridized carbons (Fsp3) is 0.214. The summed E-state index contributed by atoms with van der Waals surface area (Å²) in [5.41, 5.74) is 0. The maximum atomic E-state index is 11.6. The lowest BCUT2D eigenvalue weighted by atomic mass is 10.3. The molecular formula is C14H14ClNO2S. The van der Waals surface area contributed by atoms with Crippen molar-refractivity contribution in [2.75, 3.05) is 13.2 Å². The first-order chi connectivity index (χ1) is 9.24. The molecule has 1 aromatic carbocycles. The average Bonchev–Trinajstić information content (AvgIpc) is 2.87. The number of nitrogens with one attached hydrogen (secondary N) is 1. The molecule has 0 saturated heterocycles. The van der Waals surface area contributed by atoms with E-state index in [4.69, 9.17) is 16.3 Å². The summed E-state index contributed by atoms with van der Waals surface area (Å²) in [6.07, 6.45) is 0.425. The molecule has 0 fully saturated rings. The molecule has 1 N–H and O–H groups in total. The summed E-state index contributed by atoms with van der Waals surface area (Å²) in [6, 6.07) is 11.1. The van der Waals surface area contributed by atoms with Gasteiger partial charge >= 0.3 is 0 Å². The van der Waals surface area contributed by atoms with Crippen LogP contribution in [0.25, 0.3) is 0 Å². The molecule has 0 bridgehead atoms. The second-order valence-electron chi connectivity index (χ2n) is 3.91. The predicted octanol–water partition coefficient (Wildman–Crippen LogP) is 3.14. The second-order valence-corrected chi connectivity index (χ2v) is 5.38. The number of hydrogen-bond acceptors (Lipinski definition) is 3. The van der Waals surface area contributed by atoms with Gasteiger partial charge in [0.25, 0.3) is 0 Å². The third kappa shape index (κ3) is 4.93. The molecule has 0 aliphatic heterocycles. The van der Waals surface area contributed by atoms with Crippen LogP contribution in [0, 0.1) is 0 Å². The van der Waals surface area contributed by atoms with Crippen molar-refractivity contribution in [2.45, 2.75) is 6.42 Å². The average molecular weight is 296 g/mol. The van der Waals surface area contributed by atoms with Crippen LogP contribution in [0.1, 0.15) is 4.88 Å². The molecule has 1 heterocycles. The Morgan fingerprint density at radius 1 is 1.32 bits per heavy atom. The zero-order chi connectivity index (χ0) is 13.5. The van der Waals surface area contributed by atoms with Crippen LogP contribution in [0.5, 0.6) is 5.75 Å². The van der Waals surface area contributed by atoms with Crippen LogP contribution >= 0.6 is 22.9 Å². The van der Waals surface area contributed by atoms with Gasteiger partial charge in [0.05, 0.1) is 13.0 Å². The Balaban J connectivity index is 1.65. The van der Waals surface area contributed by atoms with Gasteiger partial charge in [-0.3, -0.25) is 4.79 Å². The van der Waals surface area contributed by atoms with Gasteiger partial charge in [-0.1, -0.05) is 23.7 Å². The van der Waals surface area contributed by atoms with E-state index >= 15 is 0 Å². The maximum absolute atomic E-state index is 11.6.